The summed E-state index contributed by atoms with van der Waals surface area (Å²) in [5.41, 5.74) is 0. The molecule has 0 bridgehead atoms. The molecule has 0 aromatic carbocycles. The molecule has 0 saturated carbocycles. The molecular formula is C10H14N4O4. The monoisotopic (exact) mass is 254 g/mol. The number of likely N-dealkylation sites (tertiary alicyclic amines) is 1. The van der Waals surface area contributed by atoms with Gasteiger partial charge in [-0.1, -0.05) is 5.16 Å². The zero-order chi connectivity index (χ0) is 13.0. The number of hydrogen-bond donors (Lipinski definition) is 2. The van der Waals surface area contributed by atoms with Crippen molar-refractivity contribution >= 4 is 12.0 Å². The molecule has 0 unspecified atom stereocenters. The van der Waals surface area contributed by atoms with E-state index in [1.54, 1.807) is 0 Å². The number of amides is 2. The van der Waals surface area contributed by atoms with E-state index in [1.165, 1.54) is 11.2 Å². The number of aliphatic carboxylic acids is 1. The second-order valence-electron chi connectivity index (χ2n) is 4.01. The molecule has 1 saturated heterocycles. The van der Waals surface area contributed by atoms with Gasteiger partial charge < -0.3 is 19.8 Å². The van der Waals surface area contributed by atoms with Crippen molar-refractivity contribution in [2.45, 2.75) is 25.3 Å². The lowest BCUT2D eigenvalue weighted by Gasteiger charge is -2.21. The molecule has 2 heterocycles. The van der Waals surface area contributed by atoms with Crippen LogP contribution in [-0.2, 0) is 11.2 Å². The average molecular weight is 254 g/mol. The van der Waals surface area contributed by atoms with E-state index in [-0.39, 0.29) is 6.03 Å². The van der Waals surface area contributed by atoms with Crippen molar-refractivity contribution in [2.24, 2.45) is 0 Å². The van der Waals surface area contributed by atoms with Gasteiger partial charge in [0.05, 0.1) is 0 Å². The van der Waals surface area contributed by atoms with Crippen LogP contribution in [0.15, 0.2) is 10.9 Å². The van der Waals surface area contributed by atoms with Gasteiger partial charge in [0.25, 0.3) is 0 Å². The highest BCUT2D eigenvalue weighted by Gasteiger charge is 2.33. The fraction of sp³-hybridized carbons (Fsp3) is 0.600. The van der Waals surface area contributed by atoms with Crippen LogP contribution in [0.1, 0.15) is 18.7 Å². The molecule has 18 heavy (non-hydrogen) atoms. The molecule has 1 fully saturated rings. The standard InChI is InChI=1S/C10H14N4O4/c15-9(16)7-2-1-5-14(7)10(17)11-4-3-8-12-6-13-18-8/h6-7H,1-5H2,(H,11,17)(H,15,16)/t7-/m1/s1. The van der Waals surface area contributed by atoms with Crippen molar-refractivity contribution < 1.29 is 19.2 Å². The SMILES string of the molecule is O=C(O)[C@H]1CCCN1C(=O)NCCc1ncno1. The summed E-state index contributed by atoms with van der Waals surface area (Å²) in [7, 11) is 0. The van der Waals surface area contributed by atoms with Crippen molar-refractivity contribution in [2.75, 3.05) is 13.1 Å². The number of carbonyl (C=O) groups excluding carboxylic acids is 1. The third kappa shape index (κ3) is 2.76. The number of hydrogen-bond acceptors (Lipinski definition) is 5. The third-order valence-corrected chi connectivity index (χ3v) is 2.82. The van der Waals surface area contributed by atoms with Crippen LogP contribution in [0.4, 0.5) is 4.79 Å². The Morgan fingerprint density at radius 2 is 2.44 bits per heavy atom. The van der Waals surface area contributed by atoms with Gasteiger partial charge in [-0.15, -0.1) is 0 Å². The minimum absolute atomic E-state index is 0.337. The Balaban J connectivity index is 1.79. The zero-order valence-electron chi connectivity index (χ0n) is 9.70. The normalized spacial score (nSPS) is 18.9. The molecule has 0 spiro atoms. The van der Waals surface area contributed by atoms with E-state index in [0.717, 1.165) is 0 Å². The molecule has 2 N–H and O–H groups in total. The molecular weight excluding hydrogens is 240 g/mol. The number of aromatic nitrogens is 2. The molecule has 0 radical (unpaired) electrons. The Labute approximate surface area is 103 Å². The van der Waals surface area contributed by atoms with Gasteiger partial charge in [0.2, 0.25) is 5.89 Å². The van der Waals surface area contributed by atoms with Gasteiger partial charge in [-0.3, -0.25) is 0 Å². The van der Waals surface area contributed by atoms with E-state index in [2.05, 4.69) is 15.5 Å². The van der Waals surface area contributed by atoms with Crippen LogP contribution in [0.3, 0.4) is 0 Å². The van der Waals surface area contributed by atoms with Crippen LogP contribution in [0.25, 0.3) is 0 Å². The van der Waals surface area contributed by atoms with E-state index >= 15 is 0 Å². The van der Waals surface area contributed by atoms with Crippen molar-refractivity contribution in [1.29, 1.82) is 0 Å². The molecule has 0 aliphatic carbocycles. The predicted octanol–water partition coefficient (Wildman–Crippen LogP) is -0.129. The van der Waals surface area contributed by atoms with Crippen LogP contribution in [0, 0.1) is 0 Å². The van der Waals surface area contributed by atoms with Gasteiger partial charge in [0.1, 0.15) is 6.04 Å². The van der Waals surface area contributed by atoms with Crippen LogP contribution in [0.5, 0.6) is 0 Å². The lowest BCUT2D eigenvalue weighted by atomic mass is 10.2. The van der Waals surface area contributed by atoms with Gasteiger partial charge in [-0.2, -0.15) is 4.98 Å². The van der Waals surface area contributed by atoms with Gasteiger partial charge >= 0.3 is 12.0 Å². The molecule has 2 rings (SSSR count). The first-order chi connectivity index (χ1) is 8.68. The van der Waals surface area contributed by atoms with Crippen molar-refractivity contribution in [3.8, 4) is 0 Å². The molecule has 8 heteroatoms. The summed E-state index contributed by atoms with van der Waals surface area (Å²) in [4.78, 5) is 27.9. The number of rotatable bonds is 4. The number of urea groups is 1. The Morgan fingerprint density at radius 1 is 1.61 bits per heavy atom. The van der Waals surface area contributed by atoms with Crippen LogP contribution in [-0.4, -0.2) is 51.3 Å². The quantitative estimate of drug-likeness (QED) is 0.774. The second-order valence-corrected chi connectivity index (χ2v) is 4.01. The lowest BCUT2D eigenvalue weighted by Crippen LogP contribution is -2.46. The smallest absolute Gasteiger partial charge is 0.326 e. The summed E-state index contributed by atoms with van der Waals surface area (Å²) in [6, 6.07) is -1.08. The van der Waals surface area contributed by atoms with E-state index < -0.39 is 12.0 Å². The Hall–Kier alpha value is -2.12. The van der Waals surface area contributed by atoms with Gasteiger partial charge in [-0.25, -0.2) is 9.59 Å². The predicted molar refractivity (Wildman–Crippen MR) is 58.8 cm³/mol. The van der Waals surface area contributed by atoms with Gasteiger partial charge in [0, 0.05) is 19.5 Å². The minimum Gasteiger partial charge on any atom is -0.480 e. The molecule has 1 aromatic rings. The highest BCUT2D eigenvalue weighted by Crippen LogP contribution is 2.17. The summed E-state index contributed by atoms with van der Waals surface area (Å²) >= 11 is 0. The first-order valence-electron chi connectivity index (χ1n) is 5.71. The lowest BCUT2D eigenvalue weighted by molar-refractivity contribution is -0.141. The van der Waals surface area contributed by atoms with Crippen molar-refractivity contribution in [3.63, 3.8) is 0 Å². The number of carboxylic acids is 1. The fourth-order valence-electron chi connectivity index (χ4n) is 1.95. The van der Waals surface area contributed by atoms with Gasteiger partial charge in [0.15, 0.2) is 6.33 Å². The van der Waals surface area contributed by atoms with Crippen molar-refractivity contribution in [1.82, 2.24) is 20.4 Å². The summed E-state index contributed by atoms with van der Waals surface area (Å²) in [6.07, 6.45) is 2.94. The van der Waals surface area contributed by atoms with E-state index in [0.29, 0.717) is 38.2 Å². The van der Waals surface area contributed by atoms with E-state index in [9.17, 15) is 9.59 Å². The topological polar surface area (TPSA) is 109 Å². The van der Waals surface area contributed by atoms with Crippen LogP contribution >= 0.6 is 0 Å². The van der Waals surface area contributed by atoms with Crippen molar-refractivity contribution in [3.05, 3.63) is 12.2 Å². The van der Waals surface area contributed by atoms with E-state index in [1.807, 2.05) is 0 Å². The summed E-state index contributed by atoms with van der Waals surface area (Å²) < 4.78 is 4.78. The molecule has 1 aliphatic rings. The maximum atomic E-state index is 11.8. The maximum Gasteiger partial charge on any atom is 0.326 e. The number of carboxylic acid groups (broad SMARTS) is 1. The Kier molecular flexibility index (Phi) is 3.75. The zero-order valence-corrected chi connectivity index (χ0v) is 9.70. The first kappa shape index (κ1) is 12.3. The third-order valence-electron chi connectivity index (χ3n) is 2.82. The highest BCUT2D eigenvalue weighted by atomic mass is 16.5. The minimum atomic E-state index is -0.959. The molecule has 1 aromatic heterocycles. The second kappa shape index (κ2) is 5.48. The highest BCUT2D eigenvalue weighted by molar-refractivity contribution is 5.83. The number of nitrogens with one attached hydrogen (secondary N) is 1. The molecule has 2 amide bonds. The maximum absolute atomic E-state index is 11.8. The number of carbonyl (C=O) groups is 2. The van der Waals surface area contributed by atoms with E-state index in [4.69, 9.17) is 9.63 Å². The summed E-state index contributed by atoms with van der Waals surface area (Å²) in [5.74, 6) is -0.522. The molecule has 98 valence electrons. The number of nitrogens with zero attached hydrogens (tertiary/aromatic N) is 3. The molecule has 1 atom stereocenters. The van der Waals surface area contributed by atoms with Crippen LogP contribution in [0.2, 0.25) is 0 Å². The van der Waals surface area contributed by atoms with Crippen LogP contribution < -0.4 is 5.32 Å². The largest absolute Gasteiger partial charge is 0.480 e. The van der Waals surface area contributed by atoms with Gasteiger partial charge in [-0.05, 0) is 12.8 Å². The summed E-state index contributed by atoms with van der Waals surface area (Å²) in [5, 5.41) is 15.0. The summed E-state index contributed by atoms with van der Waals surface area (Å²) in [6.45, 7) is 0.813. The average Bonchev–Trinajstić information content (AvgIpc) is 2.99. The fourth-order valence-corrected chi connectivity index (χ4v) is 1.95. The molecule has 8 nitrogen and oxygen atoms in total. The molecule has 1 aliphatic heterocycles. The Morgan fingerprint density at radius 3 is 3.11 bits per heavy atom. The first-order valence-corrected chi connectivity index (χ1v) is 5.71. The Bertz CT molecular complexity index is 420.